The molecule has 0 saturated heterocycles. The van der Waals surface area contributed by atoms with Gasteiger partial charge in [0.05, 0.1) is 5.69 Å². The van der Waals surface area contributed by atoms with E-state index in [0.29, 0.717) is 12.1 Å². The van der Waals surface area contributed by atoms with Gasteiger partial charge in [-0.3, -0.25) is 0 Å². The highest BCUT2D eigenvalue weighted by molar-refractivity contribution is 5.50. The minimum atomic E-state index is -0.311. The second kappa shape index (κ2) is 5.74. The summed E-state index contributed by atoms with van der Waals surface area (Å²) in [6.45, 7) is 5.46. The first-order valence-corrected chi connectivity index (χ1v) is 6.46. The molecule has 0 radical (unpaired) electrons. The lowest BCUT2D eigenvalue weighted by Gasteiger charge is -2.24. The van der Waals surface area contributed by atoms with E-state index in [1.807, 2.05) is 12.1 Å². The van der Waals surface area contributed by atoms with Crippen LogP contribution in [0.2, 0.25) is 0 Å². The maximum atomic E-state index is 13.9. The molecule has 2 aromatic carbocycles. The molecule has 0 aliphatic heterocycles. The number of halogens is 1. The number of hydrogen-bond acceptors (Lipinski definition) is 2. The summed E-state index contributed by atoms with van der Waals surface area (Å²) in [6.07, 6.45) is 0. The van der Waals surface area contributed by atoms with Gasteiger partial charge in [0, 0.05) is 24.3 Å². The molecule has 0 heterocycles. The van der Waals surface area contributed by atoms with Gasteiger partial charge >= 0.3 is 0 Å². The highest BCUT2D eigenvalue weighted by Gasteiger charge is 2.10. The summed E-state index contributed by atoms with van der Waals surface area (Å²) >= 11 is 0. The number of anilines is 2. The van der Waals surface area contributed by atoms with E-state index < -0.39 is 0 Å². The Balaban J connectivity index is 2.26. The predicted octanol–water partition coefficient (Wildman–Crippen LogP) is 3.74. The molecule has 0 saturated carbocycles. The van der Waals surface area contributed by atoms with Crippen LogP contribution in [0.4, 0.5) is 15.8 Å². The van der Waals surface area contributed by atoms with Gasteiger partial charge in [-0.2, -0.15) is 0 Å². The molecule has 2 aromatic rings. The van der Waals surface area contributed by atoms with Crippen molar-refractivity contribution < 1.29 is 4.39 Å². The highest BCUT2D eigenvalue weighted by atomic mass is 19.1. The van der Waals surface area contributed by atoms with Crippen LogP contribution in [-0.4, -0.2) is 6.54 Å². The number of hydrogen-bond donors (Lipinski definition) is 1. The summed E-state index contributed by atoms with van der Waals surface area (Å²) in [5.41, 5.74) is 8.74. The fourth-order valence-electron chi connectivity index (χ4n) is 2.14. The van der Waals surface area contributed by atoms with Crippen molar-refractivity contribution in [3.63, 3.8) is 0 Å². The smallest absolute Gasteiger partial charge is 0.151 e. The average Bonchev–Trinajstić information content (AvgIpc) is 2.40. The van der Waals surface area contributed by atoms with Crippen LogP contribution >= 0.6 is 0 Å². The van der Waals surface area contributed by atoms with E-state index >= 15 is 0 Å². The molecule has 2 nitrogen and oxygen atoms in total. The molecule has 0 spiro atoms. The molecule has 0 bridgehead atoms. The molecule has 100 valence electrons. The van der Waals surface area contributed by atoms with Gasteiger partial charge in [-0.25, -0.2) is 4.39 Å². The van der Waals surface area contributed by atoms with Crippen LogP contribution in [0.15, 0.2) is 42.5 Å². The first kappa shape index (κ1) is 13.4. The van der Waals surface area contributed by atoms with E-state index in [1.54, 1.807) is 18.2 Å². The van der Waals surface area contributed by atoms with E-state index in [-0.39, 0.29) is 11.5 Å². The molecule has 19 heavy (non-hydrogen) atoms. The zero-order valence-electron chi connectivity index (χ0n) is 11.4. The Hall–Kier alpha value is -2.03. The monoisotopic (exact) mass is 258 g/mol. The third kappa shape index (κ3) is 3.05. The van der Waals surface area contributed by atoms with Crippen molar-refractivity contribution in [1.82, 2.24) is 0 Å². The van der Waals surface area contributed by atoms with Gasteiger partial charge in [0.15, 0.2) is 5.82 Å². The van der Waals surface area contributed by atoms with Gasteiger partial charge in [-0.15, -0.1) is 0 Å². The van der Waals surface area contributed by atoms with Crippen LogP contribution in [0.5, 0.6) is 0 Å². The predicted molar refractivity (Wildman–Crippen MR) is 78.7 cm³/mol. The zero-order chi connectivity index (χ0) is 13.8. The number of nitrogens with two attached hydrogens (primary N) is 1. The van der Waals surface area contributed by atoms with Crippen LogP contribution in [0, 0.1) is 12.7 Å². The Kier molecular flexibility index (Phi) is 4.05. The Morgan fingerprint density at radius 2 is 1.89 bits per heavy atom. The molecule has 0 amide bonds. The fourth-order valence-corrected chi connectivity index (χ4v) is 2.14. The maximum Gasteiger partial charge on any atom is 0.151 e. The SMILES string of the molecule is CCN(Cc1cccc(N)c1F)c1cccc(C)c1. The van der Waals surface area contributed by atoms with Crippen LogP contribution in [0.3, 0.4) is 0 Å². The number of rotatable bonds is 4. The Morgan fingerprint density at radius 1 is 1.16 bits per heavy atom. The van der Waals surface area contributed by atoms with Gasteiger partial charge < -0.3 is 10.6 Å². The Morgan fingerprint density at radius 3 is 2.58 bits per heavy atom. The summed E-state index contributed by atoms with van der Waals surface area (Å²) in [4.78, 5) is 2.13. The Bertz CT molecular complexity index is 566. The molecule has 0 fully saturated rings. The number of nitrogen functional groups attached to an aromatic ring is 1. The van der Waals surface area contributed by atoms with E-state index in [1.165, 1.54) is 5.56 Å². The molecule has 0 unspecified atom stereocenters. The molecule has 2 N–H and O–H groups in total. The van der Waals surface area contributed by atoms with Crippen LogP contribution in [0.1, 0.15) is 18.1 Å². The largest absolute Gasteiger partial charge is 0.396 e. The normalized spacial score (nSPS) is 10.5. The van der Waals surface area contributed by atoms with E-state index in [9.17, 15) is 4.39 Å². The third-order valence-electron chi connectivity index (χ3n) is 3.22. The summed E-state index contributed by atoms with van der Waals surface area (Å²) in [5, 5.41) is 0. The molecule has 0 aliphatic rings. The number of benzene rings is 2. The molecule has 2 rings (SSSR count). The molecule has 0 atom stereocenters. The lowest BCUT2D eigenvalue weighted by Crippen LogP contribution is -2.22. The topological polar surface area (TPSA) is 29.3 Å². The highest BCUT2D eigenvalue weighted by Crippen LogP contribution is 2.21. The summed E-state index contributed by atoms with van der Waals surface area (Å²) < 4.78 is 13.9. The summed E-state index contributed by atoms with van der Waals surface area (Å²) in [5.74, 6) is -0.311. The Labute approximate surface area is 113 Å². The summed E-state index contributed by atoms with van der Waals surface area (Å²) in [6, 6.07) is 13.4. The standard InChI is InChI=1S/C16H19FN2/c1-3-19(14-8-4-6-12(2)10-14)11-13-7-5-9-15(18)16(13)17/h4-10H,3,11,18H2,1-2H3. The van der Waals surface area contributed by atoms with Gasteiger partial charge in [-0.1, -0.05) is 24.3 Å². The second-order valence-corrected chi connectivity index (χ2v) is 4.67. The third-order valence-corrected chi connectivity index (χ3v) is 3.22. The van der Waals surface area contributed by atoms with Crippen LogP contribution in [0.25, 0.3) is 0 Å². The van der Waals surface area contributed by atoms with Crippen molar-refractivity contribution in [3.8, 4) is 0 Å². The molecular formula is C16H19FN2. The quantitative estimate of drug-likeness (QED) is 0.846. The number of nitrogens with zero attached hydrogens (tertiary/aromatic N) is 1. The molecular weight excluding hydrogens is 239 g/mol. The minimum absolute atomic E-state index is 0.206. The van der Waals surface area contributed by atoms with Crippen molar-refractivity contribution in [2.45, 2.75) is 20.4 Å². The van der Waals surface area contributed by atoms with Crippen molar-refractivity contribution in [3.05, 3.63) is 59.4 Å². The van der Waals surface area contributed by atoms with E-state index in [4.69, 9.17) is 5.73 Å². The number of aryl methyl sites for hydroxylation is 1. The van der Waals surface area contributed by atoms with Gasteiger partial charge in [0.2, 0.25) is 0 Å². The van der Waals surface area contributed by atoms with Gasteiger partial charge in [0.25, 0.3) is 0 Å². The fraction of sp³-hybridized carbons (Fsp3) is 0.250. The van der Waals surface area contributed by atoms with Crippen molar-refractivity contribution >= 4 is 11.4 Å². The van der Waals surface area contributed by atoms with E-state index in [2.05, 4.69) is 30.9 Å². The lowest BCUT2D eigenvalue weighted by atomic mass is 10.1. The minimum Gasteiger partial charge on any atom is -0.396 e. The summed E-state index contributed by atoms with van der Waals surface area (Å²) in [7, 11) is 0. The zero-order valence-corrected chi connectivity index (χ0v) is 11.4. The van der Waals surface area contributed by atoms with Crippen LogP contribution < -0.4 is 10.6 Å². The van der Waals surface area contributed by atoms with Crippen molar-refractivity contribution in [2.24, 2.45) is 0 Å². The van der Waals surface area contributed by atoms with Gasteiger partial charge in [-0.05, 0) is 37.6 Å². The maximum absolute atomic E-state index is 13.9. The molecule has 0 aliphatic carbocycles. The lowest BCUT2D eigenvalue weighted by molar-refractivity contribution is 0.610. The first-order valence-electron chi connectivity index (χ1n) is 6.46. The van der Waals surface area contributed by atoms with Crippen molar-refractivity contribution in [2.75, 3.05) is 17.2 Å². The van der Waals surface area contributed by atoms with E-state index in [0.717, 1.165) is 12.2 Å². The molecule has 0 aromatic heterocycles. The second-order valence-electron chi connectivity index (χ2n) is 4.67. The van der Waals surface area contributed by atoms with Gasteiger partial charge in [0.1, 0.15) is 0 Å². The molecule has 3 heteroatoms. The first-order chi connectivity index (χ1) is 9.11. The average molecular weight is 258 g/mol. The van der Waals surface area contributed by atoms with Crippen molar-refractivity contribution in [1.29, 1.82) is 0 Å². The van der Waals surface area contributed by atoms with Crippen LogP contribution in [-0.2, 0) is 6.54 Å².